The van der Waals surface area contributed by atoms with Gasteiger partial charge in [-0.15, -0.1) is 0 Å². The molecule has 19 heavy (non-hydrogen) atoms. The molecule has 0 saturated carbocycles. The van der Waals surface area contributed by atoms with Crippen molar-refractivity contribution in [3.63, 3.8) is 0 Å². The third-order valence-electron chi connectivity index (χ3n) is 2.56. The van der Waals surface area contributed by atoms with Gasteiger partial charge in [-0.1, -0.05) is 11.6 Å². The first-order valence-electron chi connectivity index (χ1n) is 6.28. The van der Waals surface area contributed by atoms with E-state index in [-0.39, 0.29) is 0 Å². The highest BCUT2D eigenvalue weighted by atomic mass is 35.5. The SMILES string of the molecule is COCCOCCCCNc1ccc(C#N)cc1Cl. The predicted octanol–water partition coefficient (Wildman–Crippen LogP) is 3.07. The number of hydrogen-bond donors (Lipinski definition) is 1. The number of anilines is 1. The van der Waals surface area contributed by atoms with Crippen LogP contribution >= 0.6 is 11.6 Å². The summed E-state index contributed by atoms with van der Waals surface area (Å²) >= 11 is 6.05. The molecule has 1 aromatic carbocycles. The number of nitrogens with zero attached hydrogens (tertiary/aromatic N) is 1. The second-order valence-electron chi connectivity index (χ2n) is 4.05. The Bertz CT molecular complexity index is 418. The number of hydrogen-bond acceptors (Lipinski definition) is 4. The first-order valence-corrected chi connectivity index (χ1v) is 6.66. The Balaban J connectivity index is 2.14. The number of benzene rings is 1. The Morgan fingerprint density at radius 1 is 1.26 bits per heavy atom. The zero-order valence-corrected chi connectivity index (χ0v) is 11.9. The summed E-state index contributed by atoms with van der Waals surface area (Å²) in [4.78, 5) is 0. The van der Waals surface area contributed by atoms with Crippen molar-refractivity contribution >= 4 is 17.3 Å². The van der Waals surface area contributed by atoms with Crippen molar-refractivity contribution < 1.29 is 9.47 Å². The van der Waals surface area contributed by atoms with E-state index in [0.717, 1.165) is 31.7 Å². The average Bonchev–Trinajstić information content (AvgIpc) is 2.43. The molecule has 0 spiro atoms. The number of rotatable bonds is 9. The van der Waals surface area contributed by atoms with Crippen LogP contribution in [0.25, 0.3) is 0 Å². The van der Waals surface area contributed by atoms with Gasteiger partial charge < -0.3 is 14.8 Å². The zero-order chi connectivity index (χ0) is 13.9. The molecule has 0 aromatic heterocycles. The summed E-state index contributed by atoms with van der Waals surface area (Å²) in [5, 5.41) is 12.6. The van der Waals surface area contributed by atoms with Crippen LogP contribution in [0.5, 0.6) is 0 Å². The molecule has 0 amide bonds. The molecule has 0 bridgehead atoms. The number of nitriles is 1. The van der Waals surface area contributed by atoms with E-state index in [1.54, 1.807) is 19.2 Å². The van der Waals surface area contributed by atoms with Crippen LogP contribution in [0.15, 0.2) is 18.2 Å². The van der Waals surface area contributed by atoms with Crippen molar-refractivity contribution in [2.24, 2.45) is 0 Å². The minimum Gasteiger partial charge on any atom is -0.384 e. The maximum absolute atomic E-state index is 8.74. The Hall–Kier alpha value is -1.28. The number of nitrogens with one attached hydrogen (secondary N) is 1. The number of methoxy groups -OCH3 is 1. The van der Waals surface area contributed by atoms with Crippen LogP contribution in [-0.4, -0.2) is 33.5 Å². The molecular weight excluding hydrogens is 264 g/mol. The summed E-state index contributed by atoms with van der Waals surface area (Å²) in [6.07, 6.45) is 1.99. The first-order chi connectivity index (χ1) is 9.27. The Morgan fingerprint density at radius 3 is 2.79 bits per heavy atom. The van der Waals surface area contributed by atoms with Crippen molar-refractivity contribution in [3.8, 4) is 6.07 Å². The molecule has 0 atom stereocenters. The number of ether oxygens (including phenoxy) is 2. The highest BCUT2D eigenvalue weighted by Crippen LogP contribution is 2.22. The van der Waals surface area contributed by atoms with Gasteiger partial charge in [0, 0.05) is 20.3 Å². The van der Waals surface area contributed by atoms with Gasteiger partial charge in [0.25, 0.3) is 0 Å². The van der Waals surface area contributed by atoms with E-state index < -0.39 is 0 Å². The maximum Gasteiger partial charge on any atom is 0.0992 e. The average molecular weight is 283 g/mol. The van der Waals surface area contributed by atoms with Crippen LogP contribution in [0, 0.1) is 11.3 Å². The van der Waals surface area contributed by atoms with Gasteiger partial charge in [-0.2, -0.15) is 5.26 Å². The molecule has 5 heteroatoms. The van der Waals surface area contributed by atoms with E-state index in [2.05, 4.69) is 11.4 Å². The van der Waals surface area contributed by atoms with Gasteiger partial charge >= 0.3 is 0 Å². The largest absolute Gasteiger partial charge is 0.384 e. The third-order valence-corrected chi connectivity index (χ3v) is 2.87. The fourth-order valence-corrected chi connectivity index (χ4v) is 1.77. The van der Waals surface area contributed by atoms with Gasteiger partial charge in [-0.3, -0.25) is 0 Å². The molecule has 0 saturated heterocycles. The molecule has 0 fully saturated rings. The van der Waals surface area contributed by atoms with Crippen LogP contribution in [0.2, 0.25) is 5.02 Å². The molecule has 0 aliphatic carbocycles. The lowest BCUT2D eigenvalue weighted by Crippen LogP contribution is -2.06. The topological polar surface area (TPSA) is 54.3 Å². The lowest BCUT2D eigenvalue weighted by molar-refractivity contribution is 0.0691. The Labute approximate surface area is 119 Å². The minimum absolute atomic E-state index is 0.571. The molecule has 1 aromatic rings. The molecule has 4 nitrogen and oxygen atoms in total. The first kappa shape index (κ1) is 15.8. The summed E-state index contributed by atoms with van der Waals surface area (Å²) in [6, 6.07) is 7.30. The molecule has 1 rings (SSSR count). The monoisotopic (exact) mass is 282 g/mol. The van der Waals surface area contributed by atoms with Crippen molar-refractivity contribution in [2.45, 2.75) is 12.8 Å². The second kappa shape index (κ2) is 9.62. The smallest absolute Gasteiger partial charge is 0.0992 e. The summed E-state index contributed by atoms with van der Waals surface area (Å²) in [7, 11) is 1.66. The van der Waals surface area contributed by atoms with E-state index in [9.17, 15) is 0 Å². The summed E-state index contributed by atoms with van der Waals surface area (Å²) < 4.78 is 10.2. The Kier molecular flexibility index (Phi) is 7.99. The van der Waals surface area contributed by atoms with E-state index in [0.29, 0.717) is 23.8 Å². The molecule has 104 valence electrons. The van der Waals surface area contributed by atoms with Gasteiger partial charge in [-0.25, -0.2) is 0 Å². The summed E-state index contributed by atoms with van der Waals surface area (Å²) in [5.41, 5.74) is 1.43. The molecule has 0 heterocycles. The zero-order valence-electron chi connectivity index (χ0n) is 11.1. The van der Waals surface area contributed by atoms with Gasteiger partial charge in [0.15, 0.2) is 0 Å². The van der Waals surface area contributed by atoms with Gasteiger partial charge in [0.05, 0.1) is 35.6 Å². The van der Waals surface area contributed by atoms with Crippen molar-refractivity contribution in [1.29, 1.82) is 5.26 Å². The fraction of sp³-hybridized carbons (Fsp3) is 0.500. The van der Waals surface area contributed by atoms with Gasteiger partial charge in [0.1, 0.15) is 0 Å². The van der Waals surface area contributed by atoms with Gasteiger partial charge in [-0.05, 0) is 31.0 Å². The van der Waals surface area contributed by atoms with Crippen molar-refractivity contribution in [3.05, 3.63) is 28.8 Å². The third kappa shape index (κ3) is 6.44. The summed E-state index contributed by atoms with van der Waals surface area (Å²) in [5.74, 6) is 0. The summed E-state index contributed by atoms with van der Waals surface area (Å²) in [6.45, 7) is 2.86. The molecule has 0 aliphatic rings. The number of halogens is 1. The standard InChI is InChI=1S/C14H19ClN2O2/c1-18-8-9-19-7-3-2-6-17-14-5-4-12(11-16)10-13(14)15/h4-5,10,17H,2-3,6-9H2,1H3. The van der Waals surface area contributed by atoms with Gasteiger partial charge in [0.2, 0.25) is 0 Å². The lowest BCUT2D eigenvalue weighted by atomic mass is 10.2. The second-order valence-corrected chi connectivity index (χ2v) is 4.45. The molecule has 1 N–H and O–H groups in total. The molecule has 0 aliphatic heterocycles. The highest BCUT2D eigenvalue weighted by molar-refractivity contribution is 6.33. The van der Waals surface area contributed by atoms with E-state index in [4.69, 9.17) is 26.3 Å². The van der Waals surface area contributed by atoms with Crippen LogP contribution < -0.4 is 5.32 Å². The predicted molar refractivity (Wildman–Crippen MR) is 76.6 cm³/mol. The quantitative estimate of drug-likeness (QED) is 0.707. The Morgan fingerprint density at radius 2 is 2.11 bits per heavy atom. The normalized spacial score (nSPS) is 10.2. The van der Waals surface area contributed by atoms with Crippen molar-refractivity contribution in [2.75, 3.05) is 38.8 Å². The van der Waals surface area contributed by atoms with E-state index >= 15 is 0 Å². The minimum atomic E-state index is 0.571. The van der Waals surface area contributed by atoms with Crippen molar-refractivity contribution in [1.82, 2.24) is 0 Å². The fourth-order valence-electron chi connectivity index (χ4n) is 1.52. The van der Waals surface area contributed by atoms with E-state index in [1.807, 2.05) is 6.07 Å². The van der Waals surface area contributed by atoms with E-state index in [1.165, 1.54) is 0 Å². The molecule has 0 radical (unpaired) electrons. The highest BCUT2D eigenvalue weighted by Gasteiger charge is 2.00. The number of unbranched alkanes of at least 4 members (excludes halogenated alkanes) is 1. The van der Waals surface area contributed by atoms with Crippen LogP contribution in [0.3, 0.4) is 0 Å². The maximum atomic E-state index is 8.74. The lowest BCUT2D eigenvalue weighted by Gasteiger charge is -2.08. The molecule has 0 unspecified atom stereocenters. The van der Waals surface area contributed by atoms with Crippen LogP contribution in [0.1, 0.15) is 18.4 Å². The molecular formula is C14H19ClN2O2. The van der Waals surface area contributed by atoms with Crippen LogP contribution in [-0.2, 0) is 9.47 Å². The van der Waals surface area contributed by atoms with Crippen LogP contribution in [0.4, 0.5) is 5.69 Å².